The van der Waals surface area contributed by atoms with Gasteiger partial charge in [0.15, 0.2) is 0 Å². The number of hydrogen-bond donors (Lipinski definition) is 0. The van der Waals surface area contributed by atoms with Crippen molar-refractivity contribution in [3.8, 4) is 0 Å². The minimum atomic E-state index is -0.117. The Morgan fingerprint density at radius 2 is 1.73 bits per heavy atom. The number of carbonyl (C=O) groups excluding carboxylic acids is 1. The standard InChI is InChI=1S/C18H34O3Si/c1-5-8-9-10-11-12-13-14-15-18(19)20-16(4)22-21-17(6-2)7-3/h5,8,16-17H,6-7,9-15H2,1-4H3. The van der Waals surface area contributed by atoms with E-state index in [4.69, 9.17) is 9.16 Å². The van der Waals surface area contributed by atoms with Crippen LogP contribution in [-0.4, -0.2) is 27.6 Å². The third-order valence-electron chi connectivity index (χ3n) is 3.61. The molecule has 0 spiro atoms. The van der Waals surface area contributed by atoms with Crippen LogP contribution in [0.4, 0.5) is 0 Å². The molecular weight excluding hydrogens is 292 g/mol. The van der Waals surface area contributed by atoms with Crippen LogP contribution in [0.25, 0.3) is 0 Å². The third kappa shape index (κ3) is 13.1. The van der Waals surface area contributed by atoms with Gasteiger partial charge in [-0.05, 0) is 46.0 Å². The van der Waals surface area contributed by atoms with Crippen molar-refractivity contribution in [3.05, 3.63) is 12.2 Å². The molecule has 0 bridgehead atoms. The molecule has 3 nitrogen and oxygen atoms in total. The lowest BCUT2D eigenvalue weighted by Gasteiger charge is -2.17. The molecule has 1 unspecified atom stereocenters. The number of hydrogen-bond acceptors (Lipinski definition) is 3. The van der Waals surface area contributed by atoms with Gasteiger partial charge in [0.25, 0.3) is 9.76 Å². The molecule has 0 saturated carbocycles. The lowest BCUT2D eigenvalue weighted by molar-refractivity contribution is -0.145. The molecule has 0 aliphatic heterocycles. The molecule has 128 valence electrons. The van der Waals surface area contributed by atoms with E-state index in [1.54, 1.807) is 0 Å². The second kappa shape index (κ2) is 15.3. The van der Waals surface area contributed by atoms with Gasteiger partial charge in [0.05, 0.1) is 0 Å². The molecule has 22 heavy (non-hydrogen) atoms. The molecule has 0 aromatic rings. The maximum atomic E-state index is 11.7. The lowest BCUT2D eigenvalue weighted by Crippen LogP contribution is -2.26. The summed E-state index contributed by atoms with van der Waals surface area (Å²) in [6.07, 6.45) is 14.1. The van der Waals surface area contributed by atoms with E-state index in [0.717, 1.165) is 25.7 Å². The van der Waals surface area contributed by atoms with Crippen molar-refractivity contribution >= 4 is 15.7 Å². The molecule has 0 N–H and O–H groups in total. The van der Waals surface area contributed by atoms with Gasteiger partial charge in [-0.1, -0.05) is 45.3 Å². The van der Waals surface area contributed by atoms with Gasteiger partial charge < -0.3 is 9.16 Å². The normalized spacial score (nSPS) is 13.0. The predicted molar refractivity (Wildman–Crippen MR) is 93.9 cm³/mol. The van der Waals surface area contributed by atoms with E-state index in [1.807, 2.05) is 6.92 Å². The molecule has 0 aliphatic rings. The molecule has 2 radical (unpaired) electrons. The molecular formula is C18H34O3Si. The molecule has 0 rings (SSSR count). The zero-order valence-corrected chi connectivity index (χ0v) is 15.9. The summed E-state index contributed by atoms with van der Waals surface area (Å²) in [7, 11) is 0.248. The first kappa shape index (κ1) is 21.4. The minimum Gasteiger partial charge on any atom is -0.464 e. The van der Waals surface area contributed by atoms with Crippen molar-refractivity contribution < 1.29 is 14.0 Å². The van der Waals surface area contributed by atoms with E-state index in [1.165, 1.54) is 25.7 Å². The highest BCUT2D eigenvalue weighted by Gasteiger charge is 2.14. The van der Waals surface area contributed by atoms with Gasteiger partial charge in [0.1, 0.15) is 5.73 Å². The number of rotatable bonds is 14. The van der Waals surface area contributed by atoms with E-state index in [9.17, 15) is 4.79 Å². The highest BCUT2D eigenvalue weighted by atomic mass is 28.2. The van der Waals surface area contributed by atoms with Gasteiger partial charge in [-0.2, -0.15) is 0 Å². The summed E-state index contributed by atoms with van der Waals surface area (Å²) < 4.78 is 11.1. The molecule has 0 heterocycles. The van der Waals surface area contributed by atoms with E-state index in [-0.39, 0.29) is 21.5 Å². The van der Waals surface area contributed by atoms with Crippen LogP contribution in [0.5, 0.6) is 0 Å². The van der Waals surface area contributed by atoms with Crippen molar-refractivity contribution in [2.24, 2.45) is 0 Å². The van der Waals surface area contributed by atoms with Crippen LogP contribution in [-0.2, 0) is 14.0 Å². The average molecular weight is 327 g/mol. The van der Waals surface area contributed by atoms with Crippen LogP contribution >= 0.6 is 0 Å². The molecule has 0 amide bonds. The van der Waals surface area contributed by atoms with E-state index in [0.29, 0.717) is 12.5 Å². The number of allylic oxidation sites excluding steroid dienone is 2. The van der Waals surface area contributed by atoms with Crippen molar-refractivity contribution in [2.75, 3.05) is 0 Å². The van der Waals surface area contributed by atoms with Crippen molar-refractivity contribution in [3.63, 3.8) is 0 Å². The number of ether oxygens (including phenoxy) is 1. The largest absolute Gasteiger partial charge is 0.464 e. The summed E-state index contributed by atoms with van der Waals surface area (Å²) in [6.45, 7) is 8.21. The van der Waals surface area contributed by atoms with Gasteiger partial charge in [0.2, 0.25) is 0 Å². The summed E-state index contributed by atoms with van der Waals surface area (Å²) >= 11 is 0. The van der Waals surface area contributed by atoms with Gasteiger partial charge >= 0.3 is 5.97 Å². The van der Waals surface area contributed by atoms with Gasteiger partial charge in [-0.3, -0.25) is 4.79 Å². The fourth-order valence-corrected chi connectivity index (χ4v) is 3.05. The van der Waals surface area contributed by atoms with Crippen LogP contribution < -0.4 is 0 Å². The Morgan fingerprint density at radius 1 is 1.09 bits per heavy atom. The van der Waals surface area contributed by atoms with Crippen LogP contribution in [0.3, 0.4) is 0 Å². The van der Waals surface area contributed by atoms with Crippen LogP contribution in [0.1, 0.15) is 85.5 Å². The SMILES string of the molecule is CC=CCCCCCCCC(=O)OC(C)[Si]OC(CC)CC. The Hall–Kier alpha value is -0.613. The minimum absolute atomic E-state index is 0.0814. The zero-order chi connectivity index (χ0) is 16.6. The van der Waals surface area contributed by atoms with Gasteiger partial charge in [-0.25, -0.2) is 0 Å². The molecule has 0 aromatic heterocycles. The van der Waals surface area contributed by atoms with Crippen LogP contribution in [0.2, 0.25) is 0 Å². The molecule has 0 saturated heterocycles. The topological polar surface area (TPSA) is 35.5 Å². The lowest BCUT2D eigenvalue weighted by atomic mass is 10.1. The smallest absolute Gasteiger partial charge is 0.305 e. The first-order chi connectivity index (χ1) is 10.6. The fourth-order valence-electron chi connectivity index (χ4n) is 2.16. The Morgan fingerprint density at radius 3 is 2.36 bits per heavy atom. The maximum absolute atomic E-state index is 11.7. The van der Waals surface area contributed by atoms with Crippen LogP contribution in [0.15, 0.2) is 12.2 Å². The van der Waals surface area contributed by atoms with E-state index < -0.39 is 0 Å². The Bertz CT molecular complexity index is 288. The first-order valence-electron chi connectivity index (χ1n) is 8.85. The second-order valence-corrected chi connectivity index (χ2v) is 6.97. The monoisotopic (exact) mass is 326 g/mol. The number of unbranched alkanes of at least 4 members (excludes halogenated alkanes) is 5. The summed E-state index contributed by atoms with van der Waals surface area (Å²) in [4.78, 5) is 11.7. The molecule has 0 fully saturated rings. The zero-order valence-electron chi connectivity index (χ0n) is 14.9. The van der Waals surface area contributed by atoms with Crippen molar-refractivity contribution in [1.82, 2.24) is 0 Å². The summed E-state index contributed by atoms with van der Waals surface area (Å²) in [5, 5.41) is 0. The average Bonchev–Trinajstić information content (AvgIpc) is 2.51. The highest BCUT2D eigenvalue weighted by molar-refractivity contribution is 6.29. The number of carbonyl (C=O) groups is 1. The van der Waals surface area contributed by atoms with Crippen LogP contribution in [0, 0.1) is 0 Å². The first-order valence-corrected chi connectivity index (χ1v) is 9.84. The quantitative estimate of drug-likeness (QED) is 0.195. The molecule has 1 atom stereocenters. The molecule has 0 aromatic carbocycles. The summed E-state index contributed by atoms with van der Waals surface area (Å²) in [5.74, 6) is -0.0814. The maximum Gasteiger partial charge on any atom is 0.305 e. The summed E-state index contributed by atoms with van der Waals surface area (Å²) in [5.41, 5.74) is -0.117. The molecule has 0 aliphatic carbocycles. The number of esters is 1. The second-order valence-electron chi connectivity index (χ2n) is 5.68. The predicted octanol–water partition coefficient (Wildman–Crippen LogP) is 5.01. The Kier molecular flexibility index (Phi) is 14.9. The van der Waals surface area contributed by atoms with Crippen molar-refractivity contribution in [2.45, 2.75) is 97.3 Å². The van der Waals surface area contributed by atoms with Gasteiger partial charge in [-0.15, -0.1) is 0 Å². The Labute approximate surface area is 139 Å². The Balaban J connectivity index is 3.52. The molecule has 4 heteroatoms. The van der Waals surface area contributed by atoms with Crippen molar-refractivity contribution in [1.29, 1.82) is 0 Å². The summed E-state index contributed by atoms with van der Waals surface area (Å²) in [6, 6.07) is 0. The van der Waals surface area contributed by atoms with E-state index in [2.05, 4.69) is 32.9 Å². The third-order valence-corrected chi connectivity index (χ3v) is 4.53. The van der Waals surface area contributed by atoms with E-state index >= 15 is 0 Å². The highest BCUT2D eigenvalue weighted by Crippen LogP contribution is 2.09. The van der Waals surface area contributed by atoms with Gasteiger partial charge in [0, 0.05) is 12.5 Å². The fraction of sp³-hybridized carbons (Fsp3) is 0.833.